The van der Waals surface area contributed by atoms with Crippen LogP contribution in [0.1, 0.15) is 0 Å². The summed E-state index contributed by atoms with van der Waals surface area (Å²) in [5.41, 5.74) is 0.477. The summed E-state index contributed by atoms with van der Waals surface area (Å²) in [7, 11) is -4.68. The van der Waals surface area contributed by atoms with Crippen molar-refractivity contribution in [1.82, 2.24) is 0 Å². The summed E-state index contributed by atoms with van der Waals surface area (Å²) >= 11 is 0. The lowest BCUT2D eigenvalue weighted by Crippen LogP contribution is -2.08. The van der Waals surface area contributed by atoms with Gasteiger partial charge < -0.3 is 9.66 Å². The maximum atomic E-state index is 10.9. The quantitative estimate of drug-likeness (QED) is 0.705. The Kier molecular flexibility index (Phi) is 2.09. The number of aromatic amines is 1. The van der Waals surface area contributed by atoms with E-state index in [-0.39, 0.29) is 5.39 Å². The molecule has 0 aliphatic heterocycles. The van der Waals surface area contributed by atoms with Crippen molar-refractivity contribution in [2.24, 2.45) is 0 Å². The molecular formula is C9H7NO4S. The van der Waals surface area contributed by atoms with Crippen molar-refractivity contribution in [3.8, 4) is 5.75 Å². The summed E-state index contributed by atoms with van der Waals surface area (Å²) in [4.78, 5) is 2.09. The molecule has 5 nitrogen and oxygen atoms in total. The van der Waals surface area contributed by atoms with Gasteiger partial charge in [-0.25, -0.2) is 13.4 Å². The second-order valence-corrected chi connectivity index (χ2v) is 4.32. The lowest BCUT2D eigenvalue weighted by atomic mass is 10.2. The van der Waals surface area contributed by atoms with E-state index >= 15 is 0 Å². The van der Waals surface area contributed by atoms with Gasteiger partial charge in [0.2, 0.25) is 11.7 Å². The van der Waals surface area contributed by atoms with E-state index in [1.54, 1.807) is 18.2 Å². The highest BCUT2D eigenvalue weighted by Gasteiger charge is 2.16. The molecule has 0 saturated heterocycles. The molecule has 1 heterocycles. The second-order valence-electron chi connectivity index (χ2n) is 3.00. The average Bonchev–Trinajstić information content (AvgIpc) is 2.15. The minimum Gasteiger partial charge on any atom is -0.744 e. The number of hydrogen-bond donors (Lipinski definition) is 1. The molecule has 0 atom stereocenters. The van der Waals surface area contributed by atoms with Crippen LogP contribution in [-0.4, -0.2) is 18.1 Å². The van der Waals surface area contributed by atoms with Gasteiger partial charge in [-0.2, -0.15) is 0 Å². The highest BCUT2D eigenvalue weighted by molar-refractivity contribution is 7.86. The van der Waals surface area contributed by atoms with E-state index in [1.165, 1.54) is 6.07 Å². The Balaban J connectivity index is 2.99. The van der Waals surface area contributed by atoms with Crippen LogP contribution < -0.4 is 4.98 Å². The summed E-state index contributed by atoms with van der Waals surface area (Å²) in [6, 6.07) is 6.35. The summed E-state index contributed by atoms with van der Waals surface area (Å²) in [6.07, 6.45) is 1.08. The van der Waals surface area contributed by atoms with Crippen LogP contribution in [0.5, 0.6) is 5.75 Å². The first-order valence-corrected chi connectivity index (χ1v) is 5.49. The fourth-order valence-electron chi connectivity index (χ4n) is 1.42. The van der Waals surface area contributed by atoms with Gasteiger partial charge in [-0.1, -0.05) is 12.1 Å². The number of hydrogen-bond acceptors (Lipinski definition) is 4. The zero-order valence-electron chi connectivity index (χ0n) is 7.47. The van der Waals surface area contributed by atoms with E-state index in [2.05, 4.69) is 4.98 Å². The third-order valence-corrected chi connectivity index (χ3v) is 2.95. The van der Waals surface area contributed by atoms with Gasteiger partial charge in [0.25, 0.3) is 0 Å². The van der Waals surface area contributed by atoms with Gasteiger partial charge in [0.1, 0.15) is 15.0 Å². The smallest absolute Gasteiger partial charge is 0.212 e. The molecule has 15 heavy (non-hydrogen) atoms. The molecule has 6 heteroatoms. The number of aromatic nitrogens is 1. The SMILES string of the molecule is O=S(=O)([O-])c1c(O)c[nH+]c2ccccc12. The monoisotopic (exact) mass is 225 g/mol. The minimum atomic E-state index is -4.68. The molecule has 2 N–H and O–H groups in total. The first-order valence-electron chi connectivity index (χ1n) is 4.08. The molecule has 0 aliphatic carbocycles. The van der Waals surface area contributed by atoms with Crippen molar-refractivity contribution in [2.75, 3.05) is 0 Å². The number of aromatic hydroxyl groups is 1. The molecule has 78 valence electrons. The lowest BCUT2D eigenvalue weighted by molar-refractivity contribution is -0.346. The zero-order chi connectivity index (χ0) is 11.1. The Bertz CT molecular complexity index is 621. The van der Waals surface area contributed by atoms with Gasteiger partial charge in [0.15, 0.2) is 5.75 Å². The van der Waals surface area contributed by atoms with Crippen molar-refractivity contribution in [1.29, 1.82) is 0 Å². The lowest BCUT2D eigenvalue weighted by Gasteiger charge is -2.08. The van der Waals surface area contributed by atoms with E-state index in [0.717, 1.165) is 6.20 Å². The predicted octanol–water partition coefficient (Wildman–Crippen LogP) is 0.264. The first-order chi connectivity index (χ1) is 7.00. The van der Waals surface area contributed by atoms with E-state index in [9.17, 15) is 18.1 Å². The fraction of sp³-hybridized carbons (Fsp3) is 0. The summed E-state index contributed by atoms with van der Waals surface area (Å²) in [5.74, 6) is -0.566. The molecule has 1 aromatic carbocycles. The number of H-pyrrole nitrogens is 1. The van der Waals surface area contributed by atoms with Crippen LogP contribution in [0.4, 0.5) is 0 Å². The molecule has 0 unspecified atom stereocenters. The highest BCUT2D eigenvalue weighted by Crippen LogP contribution is 2.27. The molecular weight excluding hydrogens is 218 g/mol. The first kappa shape index (κ1) is 9.88. The number of fused-ring (bicyclic) bond motifs is 1. The molecule has 0 bridgehead atoms. The van der Waals surface area contributed by atoms with Gasteiger partial charge >= 0.3 is 0 Å². The van der Waals surface area contributed by atoms with Crippen molar-refractivity contribution in [3.63, 3.8) is 0 Å². The molecule has 0 radical (unpaired) electrons. The molecule has 0 spiro atoms. The fourth-order valence-corrected chi connectivity index (χ4v) is 2.18. The molecule has 2 aromatic rings. The van der Waals surface area contributed by atoms with Crippen LogP contribution in [0.25, 0.3) is 10.9 Å². The highest BCUT2D eigenvalue weighted by atomic mass is 32.2. The standard InChI is InChI=1S/C9H7NO4S/c11-8-5-10-7-4-2-1-3-6(7)9(8)15(12,13)14/h1-5,11H,(H,12,13,14). The van der Waals surface area contributed by atoms with E-state index in [1.807, 2.05) is 0 Å². The summed E-state index contributed by atoms with van der Waals surface area (Å²) < 4.78 is 32.8. The van der Waals surface area contributed by atoms with Crippen molar-refractivity contribution < 1.29 is 23.1 Å². The van der Waals surface area contributed by atoms with E-state index < -0.39 is 20.8 Å². The number of para-hydroxylation sites is 1. The Morgan fingerprint density at radius 1 is 1.27 bits per heavy atom. The number of rotatable bonds is 1. The maximum absolute atomic E-state index is 10.9. The third-order valence-electron chi connectivity index (χ3n) is 2.02. The van der Waals surface area contributed by atoms with Crippen LogP contribution >= 0.6 is 0 Å². The van der Waals surface area contributed by atoms with Gasteiger partial charge in [-0.15, -0.1) is 0 Å². The molecule has 1 aromatic heterocycles. The minimum absolute atomic E-state index is 0.188. The van der Waals surface area contributed by atoms with Crippen LogP contribution in [-0.2, 0) is 10.1 Å². The number of pyridine rings is 1. The van der Waals surface area contributed by atoms with Gasteiger partial charge in [0, 0.05) is 6.07 Å². The van der Waals surface area contributed by atoms with Gasteiger partial charge in [-0.3, -0.25) is 0 Å². The van der Waals surface area contributed by atoms with Crippen LogP contribution in [0.2, 0.25) is 0 Å². The zero-order valence-corrected chi connectivity index (χ0v) is 8.28. The molecule has 2 rings (SSSR count). The number of nitrogens with one attached hydrogen (secondary N) is 1. The largest absolute Gasteiger partial charge is 0.744 e. The molecule has 0 saturated carbocycles. The third kappa shape index (κ3) is 1.64. The molecule has 0 fully saturated rings. The van der Waals surface area contributed by atoms with Crippen molar-refractivity contribution >= 4 is 21.0 Å². The van der Waals surface area contributed by atoms with Crippen molar-refractivity contribution in [3.05, 3.63) is 30.5 Å². The molecule has 0 aliphatic rings. The Morgan fingerprint density at radius 2 is 1.93 bits per heavy atom. The Hall–Kier alpha value is -1.66. The van der Waals surface area contributed by atoms with Gasteiger partial charge in [-0.05, 0) is 6.07 Å². The Labute approximate surface area is 85.8 Å². The maximum Gasteiger partial charge on any atom is 0.212 e. The van der Waals surface area contributed by atoms with Gasteiger partial charge in [0.05, 0.1) is 5.39 Å². The van der Waals surface area contributed by atoms with Crippen molar-refractivity contribution in [2.45, 2.75) is 4.90 Å². The predicted molar refractivity (Wildman–Crippen MR) is 50.1 cm³/mol. The number of benzene rings is 1. The topological polar surface area (TPSA) is 91.6 Å². The Morgan fingerprint density at radius 3 is 2.60 bits per heavy atom. The average molecular weight is 225 g/mol. The summed E-state index contributed by atoms with van der Waals surface area (Å²) in [6.45, 7) is 0. The summed E-state index contributed by atoms with van der Waals surface area (Å²) in [5, 5.41) is 9.52. The van der Waals surface area contributed by atoms with Crippen LogP contribution in [0.3, 0.4) is 0 Å². The second kappa shape index (κ2) is 3.18. The normalized spacial score (nSPS) is 11.8. The van der Waals surface area contributed by atoms with Crippen LogP contribution in [0.15, 0.2) is 35.4 Å². The molecule has 0 amide bonds. The van der Waals surface area contributed by atoms with Crippen LogP contribution in [0, 0.1) is 0 Å². The van der Waals surface area contributed by atoms with E-state index in [0.29, 0.717) is 5.52 Å². The van der Waals surface area contributed by atoms with E-state index in [4.69, 9.17) is 0 Å².